The molecule has 0 saturated carbocycles. The van der Waals surface area contributed by atoms with Gasteiger partial charge in [-0.25, -0.2) is 0 Å². The van der Waals surface area contributed by atoms with E-state index in [0.29, 0.717) is 0 Å². The van der Waals surface area contributed by atoms with Crippen LogP contribution in [0.4, 0.5) is 11.4 Å². The molecule has 134 valence electrons. The van der Waals surface area contributed by atoms with E-state index in [0.717, 1.165) is 28.1 Å². The van der Waals surface area contributed by atoms with Crippen LogP contribution in [-0.4, -0.2) is 10.7 Å². The van der Waals surface area contributed by atoms with E-state index >= 15 is 0 Å². The summed E-state index contributed by atoms with van der Waals surface area (Å²) in [6.07, 6.45) is 9.61. The maximum absolute atomic E-state index is 10.3. The van der Waals surface area contributed by atoms with E-state index in [4.69, 9.17) is 11.5 Å². The van der Waals surface area contributed by atoms with Crippen molar-refractivity contribution >= 4 is 11.4 Å². The van der Waals surface area contributed by atoms with E-state index in [9.17, 15) is 5.11 Å². The van der Waals surface area contributed by atoms with Gasteiger partial charge >= 0.3 is 0 Å². The number of nitrogens with two attached hydrogens (primary N) is 2. The van der Waals surface area contributed by atoms with Gasteiger partial charge in [-0.15, -0.1) is 0 Å². The third-order valence-electron chi connectivity index (χ3n) is 4.88. The standard InChI is InChI=1S/C23H26N2O/c1-15-13-18(24)6-8-20(15)22(21-9-7-19(25)14-16(21)2)17-5-4-11-23(3,26)12-10-17/h4-14,22,26H,24-25H2,1-3H3. The van der Waals surface area contributed by atoms with Gasteiger partial charge in [-0.05, 0) is 85.0 Å². The molecule has 1 atom stereocenters. The summed E-state index contributed by atoms with van der Waals surface area (Å²) in [7, 11) is 0. The highest BCUT2D eigenvalue weighted by molar-refractivity contribution is 5.57. The smallest absolute Gasteiger partial charge is 0.0986 e. The first-order chi connectivity index (χ1) is 12.3. The van der Waals surface area contributed by atoms with Gasteiger partial charge in [0.2, 0.25) is 0 Å². The van der Waals surface area contributed by atoms with Crippen LogP contribution >= 0.6 is 0 Å². The predicted octanol–water partition coefficient (Wildman–Crippen LogP) is 4.40. The Morgan fingerprint density at radius 2 is 1.42 bits per heavy atom. The van der Waals surface area contributed by atoms with Gasteiger partial charge < -0.3 is 16.6 Å². The van der Waals surface area contributed by atoms with Crippen LogP contribution in [0.25, 0.3) is 0 Å². The van der Waals surface area contributed by atoms with Gasteiger partial charge in [0.1, 0.15) is 0 Å². The molecule has 0 fully saturated rings. The molecule has 0 amide bonds. The second-order valence-electron chi connectivity index (χ2n) is 7.25. The van der Waals surface area contributed by atoms with Crippen LogP contribution in [0.2, 0.25) is 0 Å². The topological polar surface area (TPSA) is 72.3 Å². The van der Waals surface area contributed by atoms with Crippen molar-refractivity contribution in [1.29, 1.82) is 0 Å². The monoisotopic (exact) mass is 346 g/mol. The summed E-state index contributed by atoms with van der Waals surface area (Å²) in [6.45, 7) is 5.94. The summed E-state index contributed by atoms with van der Waals surface area (Å²) < 4.78 is 0. The second kappa shape index (κ2) is 6.85. The van der Waals surface area contributed by atoms with E-state index < -0.39 is 5.60 Å². The molecule has 2 aromatic rings. The fourth-order valence-electron chi connectivity index (χ4n) is 3.49. The molecule has 0 spiro atoms. The van der Waals surface area contributed by atoms with Crippen LogP contribution in [0.3, 0.4) is 0 Å². The number of aliphatic hydroxyl groups is 1. The Hall–Kier alpha value is -2.78. The van der Waals surface area contributed by atoms with Crippen molar-refractivity contribution in [3.05, 3.63) is 94.6 Å². The Morgan fingerprint density at radius 1 is 0.885 bits per heavy atom. The number of hydrogen-bond donors (Lipinski definition) is 3. The largest absolute Gasteiger partial charge is 0.399 e. The van der Waals surface area contributed by atoms with Crippen LogP contribution in [0, 0.1) is 13.8 Å². The van der Waals surface area contributed by atoms with Gasteiger partial charge in [0, 0.05) is 17.3 Å². The van der Waals surface area contributed by atoms with Crippen molar-refractivity contribution < 1.29 is 5.11 Å². The third kappa shape index (κ3) is 3.73. The molecule has 26 heavy (non-hydrogen) atoms. The number of nitrogen functional groups attached to an aromatic ring is 2. The van der Waals surface area contributed by atoms with Crippen molar-refractivity contribution in [3.63, 3.8) is 0 Å². The van der Waals surface area contributed by atoms with Crippen molar-refractivity contribution in [2.45, 2.75) is 32.3 Å². The summed E-state index contributed by atoms with van der Waals surface area (Å²) in [5, 5.41) is 10.3. The molecule has 1 aliphatic carbocycles. The summed E-state index contributed by atoms with van der Waals surface area (Å²) in [6, 6.07) is 12.1. The average molecular weight is 346 g/mol. The van der Waals surface area contributed by atoms with Crippen LogP contribution in [0.5, 0.6) is 0 Å². The Kier molecular flexibility index (Phi) is 4.75. The molecule has 1 aliphatic rings. The van der Waals surface area contributed by atoms with Crippen molar-refractivity contribution in [3.8, 4) is 0 Å². The van der Waals surface area contributed by atoms with Gasteiger partial charge in [0.05, 0.1) is 5.60 Å². The SMILES string of the molecule is Cc1cc(N)ccc1C(C1=CC=CC(C)(O)C=C1)c1ccc(N)cc1C. The lowest BCUT2D eigenvalue weighted by Gasteiger charge is -2.24. The Balaban J connectivity index is 2.20. The molecular weight excluding hydrogens is 320 g/mol. The summed E-state index contributed by atoms with van der Waals surface area (Å²) in [4.78, 5) is 0. The number of anilines is 2. The first-order valence-corrected chi connectivity index (χ1v) is 8.80. The van der Waals surface area contributed by atoms with Gasteiger partial charge in [-0.3, -0.25) is 0 Å². The molecule has 3 nitrogen and oxygen atoms in total. The van der Waals surface area contributed by atoms with Crippen LogP contribution in [0.15, 0.2) is 72.4 Å². The number of allylic oxidation sites excluding steroid dienone is 4. The maximum Gasteiger partial charge on any atom is 0.0986 e. The lowest BCUT2D eigenvalue weighted by molar-refractivity contribution is 0.164. The second-order valence-corrected chi connectivity index (χ2v) is 7.25. The lowest BCUT2D eigenvalue weighted by Crippen LogP contribution is -2.16. The van der Waals surface area contributed by atoms with Crippen molar-refractivity contribution in [2.24, 2.45) is 0 Å². The summed E-state index contributed by atoms with van der Waals surface area (Å²) in [5.74, 6) is 0.0333. The Morgan fingerprint density at radius 3 is 1.92 bits per heavy atom. The van der Waals surface area contributed by atoms with Crippen LogP contribution in [-0.2, 0) is 0 Å². The number of aryl methyl sites for hydroxylation is 2. The fraction of sp³-hybridized carbons (Fsp3) is 0.217. The van der Waals surface area contributed by atoms with Gasteiger partial charge in [0.15, 0.2) is 0 Å². The van der Waals surface area contributed by atoms with Crippen molar-refractivity contribution in [1.82, 2.24) is 0 Å². The summed E-state index contributed by atoms with van der Waals surface area (Å²) >= 11 is 0. The highest BCUT2D eigenvalue weighted by atomic mass is 16.3. The zero-order chi connectivity index (χ0) is 18.9. The first kappa shape index (κ1) is 18.0. The average Bonchev–Trinajstić information content (AvgIpc) is 2.72. The molecule has 0 aromatic heterocycles. The van der Waals surface area contributed by atoms with E-state index in [2.05, 4.69) is 32.1 Å². The molecule has 3 heteroatoms. The molecule has 0 aliphatic heterocycles. The molecule has 0 radical (unpaired) electrons. The van der Waals surface area contributed by atoms with Crippen LogP contribution in [0.1, 0.15) is 35.1 Å². The zero-order valence-electron chi connectivity index (χ0n) is 15.5. The quantitative estimate of drug-likeness (QED) is 0.721. The van der Waals surface area contributed by atoms with Gasteiger partial charge in [-0.2, -0.15) is 0 Å². The first-order valence-electron chi connectivity index (χ1n) is 8.80. The molecule has 2 aromatic carbocycles. The minimum absolute atomic E-state index is 0.0333. The molecule has 5 N–H and O–H groups in total. The van der Waals surface area contributed by atoms with E-state index in [1.807, 2.05) is 42.5 Å². The highest BCUT2D eigenvalue weighted by Gasteiger charge is 2.23. The van der Waals surface area contributed by atoms with Gasteiger partial charge in [0.25, 0.3) is 0 Å². The van der Waals surface area contributed by atoms with E-state index in [-0.39, 0.29) is 5.92 Å². The highest BCUT2D eigenvalue weighted by Crippen LogP contribution is 2.38. The number of rotatable bonds is 3. The van der Waals surface area contributed by atoms with Crippen molar-refractivity contribution in [2.75, 3.05) is 11.5 Å². The normalized spacial score (nSPS) is 19.5. The van der Waals surface area contributed by atoms with E-state index in [1.54, 1.807) is 13.0 Å². The molecule has 0 saturated heterocycles. The minimum Gasteiger partial charge on any atom is -0.399 e. The lowest BCUT2D eigenvalue weighted by atomic mass is 9.80. The summed E-state index contributed by atoms with van der Waals surface area (Å²) in [5.41, 5.74) is 18.3. The molecule has 0 heterocycles. The molecular formula is C23H26N2O. The molecule has 1 unspecified atom stereocenters. The minimum atomic E-state index is -0.949. The molecule has 3 rings (SSSR count). The zero-order valence-corrected chi connectivity index (χ0v) is 15.5. The van der Waals surface area contributed by atoms with Crippen LogP contribution < -0.4 is 11.5 Å². The molecule has 0 bridgehead atoms. The number of hydrogen-bond acceptors (Lipinski definition) is 3. The van der Waals surface area contributed by atoms with Gasteiger partial charge in [-0.1, -0.05) is 30.4 Å². The fourth-order valence-corrected chi connectivity index (χ4v) is 3.49. The van der Waals surface area contributed by atoms with E-state index in [1.165, 1.54) is 11.1 Å². The Bertz CT molecular complexity index is 868. The number of benzene rings is 2. The third-order valence-corrected chi connectivity index (χ3v) is 4.88. The predicted molar refractivity (Wildman–Crippen MR) is 110 cm³/mol. The Labute approximate surface area is 155 Å². The maximum atomic E-state index is 10.3.